The number of hydrogen-bond acceptors (Lipinski definition) is 0. The lowest BCUT2D eigenvalue weighted by Crippen LogP contribution is -1.94. The number of benzene rings is 7. The molecule has 0 fully saturated rings. The molecule has 0 aliphatic rings. The second-order valence-electron chi connectivity index (χ2n) is 13.5. The van der Waals surface area contributed by atoms with Gasteiger partial charge >= 0.3 is 0 Å². The number of hydrogen-bond donors (Lipinski definition) is 0. The van der Waals surface area contributed by atoms with Gasteiger partial charge in [-0.3, -0.25) is 0 Å². The normalized spacial score (nSPS) is 11.4. The summed E-state index contributed by atoms with van der Waals surface area (Å²) in [7, 11) is 0. The van der Waals surface area contributed by atoms with Crippen molar-refractivity contribution in [1.29, 1.82) is 0 Å². The molecule has 0 atom stereocenters. The van der Waals surface area contributed by atoms with E-state index in [1.54, 1.807) is 0 Å². The van der Waals surface area contributed by atoms with Gasteiger partial charge in [-0.1, -0.05) is 140 Å². The summed E-state index contributed by atoms with van der Waals surface area (Å²) in [5.74, 6) is 0. The third kappa shape index (κ3) is 5.47. The van der Waals surface area contributed by atoms with Crippen LogP contribution in [-0.4, -0.2) is 13.7 Å². The molecule has 7 aromatic carbocycles. The summed E-state index contributed by atoms with van der Waals surface area (Å²) in [5, 5.41) is 2.41. The minimum atomic E-state index is 1.12. The largest absolute Gasteiger partial charge is 0.323 e. The summed E-state index contributed by atoms with van der Waals surface area (Å²) < 4.78 is 6.95. The fourth-order valence-corrected chi connectivity index (χ4v) is 7.77. The lowest BCUT2D eigenvalue weighted by Gasteiger charge is -2.09. The molecule has 0 unspecified atom stereocenters. The highest BCUT2D eigenvalue weighted by atomic mass is 15.0. The van der Waals surface area contributed by atoms with Gasteiger partial charge in [0.25, 0.3) is 0 Å². The lowest BCUT2D eigenvalue weighted by molar-refractivity contribution is 1.08. The van der Waals surface area contributed by atoms with Crippen molar-refractivity contribution in [3.63, 3.8) is 0 Å². The van der Waals surface area contributed by atoms with Gasteiger partial charge in [0.1, 0.15) is 0 Å². The predicted octanol–water partition coefficient (Wildman–Crippen LogP) is 13.0. The van der Waals surface area contributed by atoms with Crippen molar-refractivity contribution in [2.24, 2.45) is 0 Å². The Morgan fingerprint density at radius 2 is 0.566 bits per heavy atom. The van der Waals surface area contributed by atoms with Gasteiger partial charge in [-0.2, -0.15) is 0 Å². The first kappa shape index (κ1) is 30.7. The van der Waals surface area contributed by atoms with Gasteiger partial charge in [-0.15, -0.1) is 0 Å². The first-order valence-corrected chi connectivity index (χ1v) is 18.1. The highest BCUT2D eigenvalue weighted by Crippen LogP contribution is 2.39. The van der Waals surface area contributed by atoms with E-state index in [2.05, 4.69) is 227 Å². The van der Waals surface area contributed by atoms with Crippen molar-refractivity contribution in [2.75, 3.05) is 0 Å². The Kier molecular flexibility index (Phi) is 7.47. The molecule has 10 aromatic rings. The van der Waals surface area contributed by atoms with E-state index in [1.165, 1.54) is 66.3 Å². The zero-order valence-corrected chi connectivity index (χ0v) is 29.0. The lowest BCUT2D eigenvalue weighted by atomic mass is 9.99. The minimum absolute atomic E-state index is 1.12. The summed E-state index contributed by atoms with van der Waals surface area (Å²) in [5.41, 5.74) is 15.4. The molecule has 0 saturated heterocycles. The molecule has 0 radical (unpaired) electrons. The fraction of sp³-hybridized carbons (Fsp3) is 0. The van der Waals surface area contributed by atoms with Gasteiger partial charge in [-0.25, -0.2) is 0 Å². The molecular formula is C50H35N3. The van der Waals surface area contributed by atoms with Crippen LogP contribution in [0.5, 0.6) is 0 Å². The number of fused-ring (bicyclic) bond motifs is 3. The molecule has 0 spiro atoms. The molecular weight excluding hydrogens is 643 g/mol. The molecule has 0 amide bonds. The monoisotopic (exact) mass is 677 g/mol. The average molecular weight is 678 g/mol. The van der Waals surface area contributed by atoms with Crippen LogP contribution in [-0.2, 0) is 0 Å². The summed E-state index contributed by atoms with van der Waals surface area (Å²) in [6.07, 6.45) is 9.10. The van der Waals surface area contributed by atoms with Crippen LogP contribution >= 0.6 is 0 Å². The van der Waals surface area contributed by atoms with Crippen LogP contribution in [0.4, 0.5) is 0 Å². The van der Waals surface area contributed by atoms with Crippen molar-refractivity contribution < 1.29 is 0 Å². The number of para-hydroxylation sites is 1. The Bertz CT molecular complexity index is 2550. The van der Waals surface area contributed by atoms with Crippen LogP contribution < -0.4 is 0 Å². The maximum atomic E-state index is 2.39. The van der Waals surface area contributed by atoms with Crippen LogP contribution in [0.2, 0.25) is 0 Å². The quantitative estimate of drug-likeness (QED) is 0.159. The molecule has 3 heterocycles. The van der Waals surface area contributed by atoms with Crippen molar-refractivity contribution in [3.05, 3.63) is 213 Å². The van der Waals surface area contributed by atoms with Gasteiger partial charge < -0.3 is 13.7 Å². The van der Waals surface area contributed by atoms with Crippen LogP contribution in [0.25, 0.3) is 83.4 Å². The summed E-state index contributed by atoms with van der Waals surface area (Å²) in [6.45, 7) is 0. The van der Waals surface area contributed by atoms with Crippen LogP contribution in [0, 0.1) is 0 Å². The third-order valence-electron chi connectivity index (χ3n) is 10.3. The molecule has 0 N–H and O–H groups in total. The summed E-state index contributed by atoms with van der Waals surface area (Å²) in [4.78, 5) is 0. The van der Waals surface area contributed by atoms with Crippen LogP contribution in [0.1, 0.15) is 0 Å². The Labute approximate surface area is 308 Å². The molecule has 3 heteroatoms. The van der Waals surface area contributed by atoms with E-state index in [1.807, 2.05) is 0 Å². The average Bonchev–Trinajstić information content (AvgIpc) is 3.97. The van der Waals surface area contributed by atoms with E-state index in [0.717, 1.165) is 17.1 Å². The van der Waals surface area contributed by atoms with E-state index in [9.17, 15) is 0 Å². The second-order valence-corrected chi connectivity index (χ2v) is 13.5. The Morgan fingerprint density at radius 1 is 0.264 bits per heavy atom. The zero-order valence-electron chi connectivity index (χ0n) is 29.0. The van der Waals surface area contributed by atoms with E-state index < -0.39 is 0 Å². The molecule has 250 valence electrons. The van der Waals surface area contributed by atoms with Gasteiger partial charge in [0, 0.05) is 74.9 Å². The maximum Gasteiger partial charge on any atom is 0.0542 e. The number of rotatable bonds is 7. The second kappa shape index (κ2) is 12.9. The van der Waals surface area contributed by atoms with Gasteiger partial charge in [0.2, 0.25) is 0 Å². The van der Waals surface area contributed by atoms with Crippen molar-refractivity contribution in [1.82, 2.24) is 13.7 Å². The summed E-state index contributed by atoms with van der Waals surface area (Å²) in [6, 6.07) is 67.2. The molecule has 53 heavy (non-hydrogen) atoms. The summed E-state index contributed by atoms with van der Waals surface area (Å²) >= 11 is 0. The molecule has 3 nitrogen and oxygen atoms in total. The smallest absolute Gasteiger partial charge is 0.0542 e. The fourth-order valence-electron chi connectivity index (χ4n) is 7.77. The number of aromatic nitrogens is 3. The molecule has 0 aliphatic heterocycles. The predicted molar refractivity (Wildman–Crippen MR) is 221 cm³/mol. The topological polar surface area (TPSA) is 14.8 Å². The van der Waals surface area contributed by atoms with Gasteiger partial charge in [0.05, 0.1) is 11.0 Å². The van der Waals surface area contributed by atoms with Crippen molar-refractivity contribution in [3.8, 4) is 61.6 Å². The van der Waals surface area contributed by atoms with E-state index >= 15 is 0 Å². The molecule has 0 bridgehead atoms. The third-order valence-corrected chi connectivity index (χ3v) is 10.3. The zero-order chi connectivity index (χ0) is 35.1. The Hall–Kier alpha value is -7.10. The van der Waals surface area contributed by atoms with Crippen molar-refractivity contribution >= 4 is 21.8 Å². The molecule has 0 saturated carbocycles. The van der Waals surface area contributed by atoms with E-state index in [0.29, 0.717) is 0 Å². The highest BCUT2D eigenvalue weighted by Gasteiger charge is 2.18. The van der Waals surface area contributed by atoms with Crippen LogP contribution in [0.3, 0.4) is 0 Å². The molecule has 10 rings (SSSR count). The van der Waals surface area contributed by atoms with Gasteiger partial charge in [0.15, 0.2) is 0 Å². The van der Waals surface area contributed by atoms with E-state index in [4.69, 9.17) is 0 Å². The Balaban J connectivity index is 1.17. The van der Waals surface area contributed by atoms with Crippen molar-refractivity contribution in [2.45, 2.75) is 0 Å². The highest BCUT2D eigenvalue weighted by molar-refractivity contribution is 6.10. The van der Waals surface area contributed by atoms with Crippen LogP contribution in [0.15, 0.2) is 213 Å². The SMILES string of the molecule is c1ccc(-c2cn(-c3ccc4c(c3)c3cc(-n5cc(-c6ccccc6)c(-c6ccccc6)c5)ccc3n4-c3ccccc3)cc2-c2ccccc2)cc1. The standard InChI is InChI=1S/C50H35N3/c1-6-16-36(17-7-1)45-32-51(33-46(45)37-18-8-2-9-19-37)41-26-28-49-43(30-41)44-31-42(27-29-50(44)53(49)40-24-14-5-15-25-40)52-34-47(38-20-10-3-11-21-38)48(35-52)39-22-12-4-13-23-39/h1-35H. The van der Waals surface area contributed by atoms with E-state index in [-0.39, 0.29) is 0 Å². The first-order chi connectivity index (χ1) is 26.3. The van der Waals surface area contributed by atoms with Gasteiger partial charge in [-0.05, 0) is 70.8 Å². The molecule has 0 aliphatic carbocycles. The minimum Gasteiger partial charge on any atom is -0.323 e. The maximum absolute atomic E-state index is 2.39. The Morgan fingerprint density at radius 3 is 0.887 bits per heavy atom. The first-order valence-electron chi connectivity index (χ1n) is 18.1. The molecule has 3 aromatic heterocycles. The number of nitrogens with zero attached hydrogens (tertiary/aromatic N) is 3.